The number of aliphatic hydroxyl groups excluding tert-OH is 3. The van der Waals surface area contributed by atoms with Crippen molar-refractivity contribution in [2.75, 3.05) is 12.3 Å². The second kappa shape index (κ2) is 4.60. The highest BCUT2D eigenvalue weighted by Crippen LogP contribution is 2.34. The molecule has 19 heavy (non-hydrogen) atoms. The Morgan fingerprint density at radius 1 is 1.63 bits per heavy atom. The molecule has 2 rings (SSSR count). The first-order valence-corrected chi connectivity index (χ1v) is 5.38. The number of aromatic nitrogens is 2. The fourth-order valence-corrected chi connectivity index (χ4v) is 1.96. The maximum atomic E-state index is 11.7. The van der Waals surface area contributed by atoms with Gasteiger partial charge in [0.2, 0.25) is 0 Å². The smallest absolute Gasteiger partial charge is 0.352 e. The number of nitrogens with two attached hydrogens (primary N) is 1. The van der Waals surface area contributed by atoms with Gasteiger partial charge in [-0.2, -0.15) is 10.2 Å². The maximum absolute atomic E-state index is 11.7. The molecule has 1 fully saturated rings. The van der Waals surface area contributed by atoms with Crippen LogP contribution in [0.15, 0.2) is 17.1 Å². The molecule has 9 heteroatoms. The largest absolute Gasteiger partial charge is 0.394 e. The van der Waals surface area contributed by atoms with E-state index < -0.39 is 36.3 Å². The first-order valence-electron chi connectivity index (χ1n) is 5.38. The van der Waals surface area contributed by atoms with E-state index >= 15 is 0 Å². The summed E-state index contributed by atoms with van der Waals surface area (Å²) < 4.78 is 5.88. The topological polar surface area (TPSA) is 155 Å². The standard InChI is InChI=1S/C10H12N4O5/c11-4-10(8(17)7(16)5(3-15)19-10)14-2-1-6(12)13-9(14)18/h1-2,5,7-8,15-17H,3H2,(H2,12,13,18)/t5-,7-,8?,10-/m1/s1. The lowest BCUT2D eigenvalue weighted by molar-refractivity contribution is -0.109. The molecule has 1 aromatic heterocycles. The molecule has 1 unspecified atom stereocenters. The number of nitriles is 1. The van der Waals surface area contributed by atoms with Crippen LogP contribution in [-0.4, -0.2) is 49.8 Å². The number of anilines is 1. The Balaban J connectivity index is 2.56. The molecule has 0 spiro atoms. The van der Waals surface area contributed by atoms with Crippen molar-refractivity contribution in [2.24, 2.45) is 0 Å². The minimum Gasteiger partial charge on any atom is -0.394 e. The van der Waals surface area contributed by atoms with E-state index in [2.05, 4.69) is 4.98 Å². The molecule has 4 atom stereocenters. The molecule has 1 aliphatic heterocycles. The second-order valence-electron chi connectivity index (χ2n) is 4.09. The van der Waals surface area contributed by atoms with Gasteiger partial charge in [0.25, 0.3) is 5.72 Å². The highest BCUT2D eigenvalue weighted by atomic mass is 16.6. The number of hydrogen-bond donors (Lipinski definition) is 4. The SMILES string of the molecule is N#C[C@@]1(n2ccc(N)nc2=O)O[C@H](CO)[C@@H](O)C1O. The fraction of sp³-hybridized carbons (Fsp3) is 0.500. The predicted octanol–water partition coefficient (Wildman–Crippen LogP) is -2.89. The first-order chi connectivity index (χ1) is 8.96. The number of nitrogens with zero attached hydrogens (tertiary/aromatic N) is 3. The van der Waals surface area contributed by atoms with E-state index in [1.54, 1.807) is 6.07 Å². The summed E-state index contributed by atoms with van der Waals surface area (Å²) in [5.74, 6) is -0.0546. The average Bonchev–Trinajstić information content (AvgIpc) is 2.64. The minimum atomic E-state index is -2.15. The second-order valence-corrected chi connectivity index (χ2v) is 4.09. The van der Waals surface area contributed by atoms with Crippen molar-refractivity contribution in [2.45, 2.75) is 24.0 Å². The van der Waals surface area contributed by atoms with E-state index in [1.807, 2.05) is 0 Å². The quantitative estimate of drug-likeness (QED) is 0.445. The van der Waals surface area contributed by atoms with Crippen LogP contribution in [0.2, 0.25) is 0 Å². The Bertz CT molecular complexity index is 582. The lowest BCUT2D eigenvalue weighted by Gasteiger charge is -2.26. The lowest BCUT2D eigenvalue weighted by atomic mass is 10.0. The van der Waals surface area contributed by atoms with Crippen molar-refractivity contribution in [3.05, 3.63) is 22.7 Å². The van der Waals surface area contributed by atoms with Gasteiger partial charge in [-0.25, -0.2) is 4.79 Å². The summed E-state index contributed by atoms with van der Waals surface area (Å²) in [4.78, 5) is 15.1. The summed E-state index contributed by atoms with van der Waals surface area (Å²) in [6.07, 6.45) is -3.27. The predicted molar refractivity (Wildman–Crippen MR) is 60.5 cm³/mol. The summed E-state index contributed by atoms with van der Waals surface area (Å²) in [6, 6.07) is 2.88. The zero-order valence-corrected chi connectivity index (χ0v) is 9.67. The van der Waals surface area contributed by atoms with Crippen LogP contribution < -0.4 is 11.4 Å². The van der Waals surface area contributed by atoms with E-state index in [4.69, 9.17) is 15.6 Å². The summed E-state index contributed by atoms with van der Waals surface area (Å²) >= 11 is 0. The molecule has 5 N–H and O–H groups in total. The third-order valence-corrected chi connectivity index (χ3v) is 2.96. The van der Waals surface area contributed by atoms with Gasteiger partial charge in [0, 0.05) is 6.20 Å². The normalized spacial score (nSPS) is 34.1. The molecule has 9 nitrogen and oxygen atoms in total. The van der Waals surface area contributed by atoms with Crippen LogP contribution in [0.5, 0.6) is 0 Å². The molecule has 0 aliphatic carbocycles. The van der Waals surface area contributed by atoms with Crippen molar-refractivity contribution in [3.8, 4) is 6.07 Å². The highest BCUT2D eigenvalue weighted by Gasteiger charge is 2.56. The van der Waals surface area contributed by atoms with Crippen LogP contribution >= 0.6 is 0 Å². The fourth-order valence-electron chi connectivity index (χ4n) is 1.96. The molecule has 2 heterocycles. The van der Waals surface area contributed by atoms with Gasteiger partial charge in [-0.3, -0.25) is 4.57 Å². The molecule has 0 saturated carbocycles. The van der Waals surface area contributed by atoms with Gasteiger partial charge >= 0.3 is 5.69 Å². The zero-order chi connectivity index (χ0) is 14.2. The number of hydrogen-bond acceptors (Lipinski definition) is 8. The van der Waals surface area contributed by atoms with Gasteiger partial charge in [-0.05, 0) is 6.07 Å². The van der Waals surface area contributed by atoms with Crippen molar-refractivity contribution in [1.29, 1.82) is 5.26 Å². The lowest BCUT2D eigenvalue weighted by Crippen LogP contribution is -2.49. The van der Waals surface area contributed by atoms with Gasteiger partial charge in [0.1, 0.15) is 30.2 Å². The Hall–Kier alpha value is -1.99. The van der Waals surface area contributed by atoms with E-state index in [0.717, 1.165) is 10.8 Å². The molecular formula is C10H12N4O5. The molecule has 0 amide bonds. The molecular weight excluding hydrogens is 256 g/mol. The van der Waals surface area contributed by atoms with E-state index in [9.17, 15) is 20.3 Å². The number of rotatable bonds is 2. The molecule has 1 aromatic rings. The monoisotopic (exact) mass is 268 g/mol. The van der Waals surface area contributed by atoms with Crippen LogP contribution in [0.4, 0.5) is 5.82 Å². The van der Waals surface area contributed by atoms with E-state index in [1.165, 1.54) is 6.07 Å². The summed E-state index contributed by atoms with van der Waals surface area (Å²) in [6.45, 7) is -0.612. The number of nitrogen functional groups attached to an aromatic ring is 1. The van der Waals surface area contributed by atoms with Gasteiger partial charge in [0.05, 0.1) is 6.61 Å². The minimum absolute atomic E-state index is 0.0546. The van der Waals surface area contributed by atoms with E-state index in [0.29, 0.717) is 0 Å². The third-order valence-electron chi connectivity index (χ3n) is 2.96. The average molecular weight is 268 g/mol. The number of aliphatic hydroxyl groups is 3. The van der Waals surface area contributed by atoms with Crippen molar-refractivity contribution in [1.82, 2.24) is 9.55 Å². The summed E-state index contributed by atoms with van der Waals surface area (Å²) in [5.41, 5.74) is 2.27. The molecule has 1 aliphatic rings. The Kier molecular flexibility index (Phi) is 3.25. The van der Waals surface area contributed by atoms with Crippen molar-refractivity contribution in [3.63, 3.8) is 0 Å². The Morgan fingerprint density at radius 3 is 2.79 bits per heavy atom. The highest BCUT2D eigenvalue weighted by molar-refractivity contribution is 5.25. The summed E-state index contributed by atoms with van der Waals surface area (Å²) in [5, 5.41) is 37.8. The first kappa shape index (κ1) is 13.4. The van der Waals surface area contributed by atoms with Crippen LogP contribution in [0.25, 0.3) is 0 Å². The van der Waals surface area contributed by atoms with Gasteiger partial charge < -0.3 is 25.8 Å². The zero-order valence-electron chi connectivity index (χ0n) is 9.67. The Labute approximate surface area is 107 Å². The van der Waals surface area contributed by atoms with Crippen LogP contribution in [0, 0.1) is 11.3 Å². The van der Waals surface area contributed by atoms with Crippen molar-refractivity contribution < 1.29 is 20.1 Å². The molecule has 0 aromatic carbocycles. The van der Waals surface area contributed by atoms with Gasteiger partial charge in [-0.15, -0.1) is 0 Å². The molecule has 102 valence electrons. The third kappa shape index (κ3) is 1.87. The molecule has 0 radical (unpaired) electrons. The van der Waals surface area contributed by atoms with Crippen LogP contribution in [-0.2, 0) is 10.5 Å². The summed E-state index contributed by atoms with van der Waals surface area (Å²) in [7, 11) is 0. The van der Waals surface area contributed by atoms with Crippen LogP contribution in [0.3, 0.4) is 0 Å². The van der Waals surface area contributed by atoms with Gasteiger partial charge in [0.15, 0.2) is 0 Å². The molecule has 0 bridgehead atoms. The maximum Gasteiger partial charge on any atom is 0.352 e. The van der Waals surface area contributed by atoms with Crippen molar-refractivity contribution >= 4 is 5.82 Å². The molecule has 1 saturated heterocycles. The number of ether oxygens (including phenoxy) is 1. The van der Waals surface area contributed by atoms with Gasteiger partial charge in [-0.1, -0.05) is 0 Å². The van der Waals surface area contributed by atoms with E-state index in [-0.39, 0.29) is 5.82 Å². The Morgan fingerprint density at radius 2 is 2.32 bits per heavy atom. The van der Waals surface area contributed by atoms with Crippen LogP contribution in [0.1, 0.15) is 0 Å².